The van der Waals surface area contributed by atoms with Crippen LogP contribution in [0.3, 0.4) is 0 Å². The summed E-state index contributed by atoms with van der Waals surface area (Å²) in [6, 6.07) is 6.35. The number of hydrogen-bond acceptors (Lipinski definition) is 4. The molecule has 0 amide bonds. The molecule has 18 heavy (non-hydrogen) atoms. The Labute approximate surface area is 109 Å². The van der Waals surface area contributed by atoms with E-state index in [0.29, 0.717) is 11.5 Å². The standard InChI is InChI=1S/C12H11ClFN3O/c1-17(11-5-6-15-12(13)16-11)8-3-4-10(18-2)9(14)7-8/h3-7H,1-2H3. The molecule has 0 saturated carbocycles. The number of ether oxygens (including phenoxy) is 1. The average Bonchev–Trinajstić information content (AvgIpc) is 2.37. The Hall–Kier alpha value is -1.88. The molecule has 0 bridgehead atoms. The molecular formula is C12H11ClFN3O. The third kappa shape index (κ3) is 2.51. The molecule has 0 radical (unpaired) electrons. The van der Waals surface area contributed by atoms with E-state index in [1.807, 2.05) is 0 Å². The fraction of sp³-hybridized carbons (Fsp3) is 0.167. The van der Waals surface area contributed by atoms with Crippen LogP contribution in [0.5, 0.6) is 5.75 Å². The van der Waals surface area contributed by atoms with Crippen LogP contribution in [-0.4, -0.2) is 24.1 Å². The predicted molar refractivity (Wildman–Crippen MR) is 68.1 cm³/mol. The highest BCUT2D eigenvalue weighted by atomic mass is 35.5. The van der Waals surface area contributed by atoms with E-state index in [2.05, 4.69) is 9.97 Å². The Kier molecular flexibility index (Phi) is 3.62. The largest absolute Gasteiger partial charge is 0.494 e. The van der Waals surface area contributed by atoms with Crippen molar-refractivity contribution in [1.82, 2.24) is 9.97 Å². The molecule has 0 spiro atoms. The molecule has 6 heteroatoms. The van der Waals surface area contributed by atoms with Crippen LogP contribution < -0.4 is 9.64 Å². The van der Waals surface area contributed by atoms with E-state index in [4.69, 9.17) is 16.3 Å². The van der Waals surface area contributed by atoms with Gasteiger partial charge in [-0.15, -0.1) is 0 Å². The zero-order chi connectivity index (χ0) is 13.1. The number of aromatic nitrogens is 2. The summed E-state index contributed by atoms with van der Waals surface area (Å²) in [5, 5.41) is 0.147. The van der Waals surface area contributed by atoms with Crippen molar-refractivity contribution in [3.05, 3.63) is 41.6 Å². The van der Waals surface area contributed by atoms with Crippen molar-refractivity contribution in [3.8, 4) is 5.75 Å². The molecular weight excluding hydrogens is 257 g/mol. The number of methoxy groups -OCH3 is 1. The van der Waals surface area contributed by atoms with E-state index in [1.54, 1.807) is 36.3 Å². The van der Waals surface area contributed by atoms with Crippen molar-refractivity contribution in [2.24, 2.45) is 0 Å². The van der Waals surface area contributed by atoms with Gasteiger partial charge in [-0.25, -0.2) is 14.4 Å². The molecule has 1 heterocycles. The monoisotopic (exact) mass is 267 g/mol. The van der Waals surface area contributed by atoms with Gasteiger partial charge in [0.1, 0.15) is 5.82 Å². The second-order valence-electron chi connectivity index (χ2n) is 3.56. The van der Waals surface area contributed by atoms with Gasteiger partial charge in [-0.3, -0.25) is 0 Å². The second kappa shape index (κ2) is 5.18. The van der Waals surface area contributed by atoms with Crippen LogP contribution in [-0.2, 0) is 0 Å². The average molecular weight is 268 g/mol. The number of rotatable bonds is 3. The molecule has 1 aromatic carbocycles. The highest BCUT2D eigenvalue weighted by molar-refractivity contribution is 6.28. The van der Waals surface area contributed by atoms with Crippen LogP contribution in [0.4, 0.5) is 15.9 Å². The van der Waals surface area contributed by atoms with Crippen molar-refractivity contribution in [2.45, 2.75) is 0 Å². The first-order valence-corrected chi connectivity index (χ1v) is 5.55. The van der Waals surface area contributed by atoms with Crippen molar-refractivity contribution in [2.75, 3.05) is 19.1 Å². The summed E-state index contributed by atoms with van der Waals surface area (Å²) in [7, 11) is 3.19. The summed E-state index contributed by atoms with van der Waals surface area (Å²) in [6.07, 6.45) is 1.54. The summed E-state index contributed by atoms with van der Waals surface area (Å²) in [4.78, 5) is 9.55. The molecule has 0 aliphatic rings. The van der Waals surface area contributed by atoms with Gasteiger partial charge in [-0.05, 0) is 29.8 Å². The number of hydrogen-bond donors (Lipinski definition) is 0. The summed E-state index contributed by atoms with van der Waals surface area (Å²) < 4.78 is 18.5. The van der Waals surface area contributed by atoms with Gasteiger partial charge < -0.3 is 9.64 Å². The van der Waals surface area contributed by atoms with Gasteiger partial charge in [0, 0.05) is 25.0 Å². The Morgan fingerprint density at radius 2 is 2.11 bits per heavy atom. The van der Waals surface area contributed by atoms with Gasteiger partial charge >= 0.3 is 0 Å². The highest BCUT2D eigenvalue weighted by Gasteiger charge is 2.09. The van der Waals surface area contributed by atoms with Crippen molar-refractivity contribution >= 4 is 23.1 Å². The quantitative estimate of drug-likeness (QED) is 0.801. The Balaban J connectivity index is 2.34. The first-order chi connectivity index (χ1) is 8.61. The fourth-order valence-corrected chi connectivity index (χ4v) is 1.65. The number of halogens is 2. The summed E-state index contributed by atoms with van der Waals surface area (Å²) in [5.74, 6) is 0.356. The second-order valence-corrected chi connectivity index (χ2v) is 3.90. The van der Waals surface area contributed by atoms with Gasteiger partial charge in [0.05, 0.1) is 7.11 Å². The lowest BCUT2D eigenvalue weighted by molar-refractivity contribution is 0.386. The van der Waals surface area contributed by atoms with Gasteiger partial charge in [-0.1, -0.05) is 0 Å². The normalized spacial score (nSPS) is 10.2. The molecule has 0 saturated heterocycles. The highest BCUT2D eigenvalue weighted by Crippen LogP contribution is 2.26. The van der Waals surface area contributed by atoms with E-state index in [-0.39, 0.29) is 11.0 Å². The molecule has 4 nitrogen and oxygen atoms in total. The van der Waals surface area contributed by atoms with Gasteiger partial charge in [0.25, 0.3) is 0 Å². The maximum Gasteiger partial charge on any atom is 0.224 e. The molecule has 0 atom stereocenters. The van der Waals surface area contributed by atoms with Crippen LogP contribution in [0.1, 0.15) is 0 Å². The molecule has 0 fully saturated rings. The maximum absolute atomic E-state index is 13.6. The van der Waals surface area contributed by atoms with Crippen LogP contribution in [0, 0.1) is 5.82 Å². The number of nitrogens with zero attached hydrogens (tertiary/aromatic N) is 3. The number of benzene rings is 1. The van der Waals surface area contributed by atoms with Crippen molar-refractivity contribution < 1.29 is 9.13 Å². The Morgan fingerprint density at radius 3 is 2.72 bits per heavy atom. The summed E-state index contributed by atoms with van der Waals surface area (Å²) >= 11 is 5.71. The lowest BCUT2D eigenvalue weighted by atomic mass is 10.2. The molecule has 0 N–H and O–H groups in total. The van der Waals surface area contributed by atoms with E-state index < -0.39 is 5.82 Å². The smallest absolute Gasteiger partial charge is 0.224 e. The lowest BCUT2D eigenvalue weighted by Gasteiger charge is -2.18. The molecule has 2 rings (SSSR count). The molecule has 0 unspecified atom stereocenters. The summed E-state index contributed by atoms with van der Waals surface area (Å²) in [6.45, 7) is 0. The van der Waals surface area contributed by atoms with Crippen LogP contribution in [0.2, 0.25) is 5.28 Å². The van der Waals surface area contributed by atoms with E-state index in [1.165, 1.54) is 13.2 Å². The minimum Gasteiger partial charge on any atom is -0.494 e. The molecule has 94 valence electrons. The van der Waals surface area contributed by atoms with E-state index >= 15 is 0 Å². The van der Waals surface area contributed by atoms with E-state index in [9.17, 15) is 4.39 Å². The third-order valence-corrected chi connectivity index (χ3v) is 2.66. The zero-order valence-electron chi connectivity index (χ0n) is 9.89. The van der Waals surface area contributed by atoms with Crippen LogP contribution >= 0.6 is 11.6 Å². The zero-order valence-corrected chi connectivity index (χ0v) is 10.6. The number of anilines is 2. The van der Waals surface area contributed by atoms with Gasteiger partial charge in [0.15, 0.2) is 11.6 Å². The van der Waals surface area contributed by atoms with Crippen LogP contribution in [0.15, 0.2) is 30.5 Å². The minimum atomic E-state index is -0.429. The third-order valence-electron chi connectivity index (χ3n) is 2.48. The first kappa shape index (κ1) is 12.6. The first-order valence-electron chi connectivity index (χ1n) is 5.17. The van der Waals surface area contributed by atoms with Gasteiger partial charge in [-0.2, -0.15) is 0 Å². The molecule has 0 aliphatic carbocycles. The van der Waals surface area contributed by atoms with E-state index in [0.717, 1.165) is 0 Å². The lowest BCUT2D eigenvalue weighted by Crippen LogP contribution is -2.11. The molecule has 0 aliphatic heterocycles. The van der Waals surface area contributed by atoms with Crippen molar-refractivity contribution in [1.29, 1.82) is 0 Å². The predicted octanol–water partition coefficient (Wildman–Crippen LogP) is 3.05. The van der Waals surface area contributed by atoms with Crippen molar-refractivity contribution in [3.63, 3.8) is 0 Å². The SMILES string of the molecule is COc1ccc(N(C)c2ccnc(Cl)n2)cc1F. The molecule has 1 aromatic heterocycles. The topological polar surface area (TPSA) is 38.2 Å². The Bertz CT molecular complexity index is 565. The maximum atomic E-state index is 13.6. The van der Waals surface area contributed by atoms with Gasteiger partial charge in [0.2, 0.25) is 5.28 Å². The Morgan fingerprint density at radius 1 is 1.33 bits per heavy atom. The molecule has 2 aromatic rings. The fourth-order valence-electron chi connectivity index (χ4n) is 1.51. The summed E-state index contributed by atoms with van der Waals surface area (Å²) in [5.41, 5.74) is 0.642. The van der Waals surface area contributed by atoms with Crippen LogP contribution in [0.25, 0.3) is 0 Å². The minimum absolute atomic E-state index is 0.147.